The van der Waals surface area contributed by atoms with Crippen LogP contribution in [0.4, 0.5) is 0 Å². The Labute approximate surface area is 134 Å². The van der Waals surface area contributed by atoms with Crippen molar-refractivity contribution < 1.29 is 0 Å². The summed E-state index contributed by atoms with van der Waals surface area (Å²) < 4.78 is 0. The molecule has 2 heteroatoms. The van der Waals surface area contributed by atoms with Gasteiger partial charge in [0.1, 0.15) is 0 Å². The molecule has 0 aliphatic heterocycles. The van der Waals surface area contributed by atoms with Crippen molar-refractivity contribution in [1.82, 2.24) is 5.32 Å². The van der Waals surface area contributed by atoms with Gasteiger partial charge < -0.3 is 5.32 Å². The Bertz CT molecular complexity index is 427. The zero-order valence-corrected chi connectivity index (χ0v) is 14.7. The number of thiophene rings is 1. The van der Waals surface area contributed by atoms with Crippen molar-refractivity contribution in [2.75, 3.05) is 6.54 Å². The van der Waals surface area contributed by atoms with Crippen LogP contribution < -0.4 is 5.32 Å². The van der Waals surface area contributed by atoms with E-state index in [1.165, 1.54) is 45.1 Å². The van der Waals surface area contributed by atoms with Crippen LogP contribution in [-0.4, -0.2) is 12.6 Å². The lowest BCUT2D eigenvalue weighted by molar-refractivity contribution is 0.0970. The third-order valence-corrected chi connectivity index (χ3v) is 6.42. The highest BCUT2D eigenvalue weighted by molar-refractivity contribution is 7.07. The Hall–Kier alpha value is -0.340. The monoisotopic (exact) mass is 305 g/mol. The molecule has 1 heterocycles. The first-order chi connectivity index (χ1) is 10.0. The van der Waals surface area contributed by atoms with E-state index >= 15 is 0 Å². The molecule has 21 heavy (non-hydrogen) atoms. The molecular weight excluding hydrogens is 274 g/mol. The summed E-state index contributed by atoms with van der Waals surface area (Å²) in [5.74, 6) is 2.67. The Balaban J connectivity index is 1.63. The van der Waals surface area contributed by atoms with Gasteiger partial charge in [-0.25, -0.2) is 0 Å². The van der Waals surface area contributed by atoms with E-state index in [0.29, 0.717) is 5.41 Å². The number of nitrogens with one attached hydrogen (secondary N) is 1. The Kier molecular flexibility index (Phi) is 4.75. The van der Waals surface area contributed by atoms with Crippen LogP contribution in [0.15, 0.2) is 16.8 Å². The summed E-state index contributed by atoms with van der Waals surface area (Å²) in [7, 11) is 0. The van der Waals surface area contributed by atoms with Gasteiger partial charge in [-0.05, 0) is 90.6 Å². The summed E-state index contributed by atoms with van der Waals surface area (Å²) in [4.78, 5) is 0. The van der Waals surface area contributed by atoms with Crippen molar-refractivity contribution in [1.29, 1.82) is 0 Å². The van der Waals surface area contributed by atoms with Crippen molar-refractivity contribution in [3.05, 3.63) is 22.4 Å². The molecule has 3 unspecified atom stereocenters. The molecule has 2 saturated carbocycles. The van der Waals surface area contributed by atoms with Crippen LogP contribution in [0.3, 0.4) is 0 Å². The van der Waals surface area contributed by atoms with E-state index in [1.54, 1.807) is 5.56 Å². The van der Waals surface area contributed by atoms with Crippen LogP contribution in [0, 0.1) is 23.2 Å². The van der Waals surface area contributed by atoms with E-state index < -0.39 is 0 Å². The van der Waals surface area contributed by atoms with Crippen molar-refractivity contribution in [3.63, 3.8) is 0 Å². The van der Waals surface area contributed by atoms with Crippen LogP contribution in [0.2, 0.25) is 0 Å². The molecule has 0 bridgehead atoms. The van der Waals surface area contributed by atoms with Gasteiger partial charge in [0.25, 0.3) is 0 Å². The maximum absolute atomic E-state index is 3.79. The van der Waals surface area contributed by atoms with Crippen LogP contribution in [0.1, 0.15) is 58.4 Å². The summed E-state index contributed by atoms with van der Waals surface area (Å²) in [6.07, 6.45) is 8.40. The lowest BCUT2D eigenvalue weighted by atomic mass is 9.64. The molecule has 0 spiro atoms. The predicted octanol–water partition coefficient (Wildman–Crippen LogP) is 5.12. The summed E-state index contributed by atoms with van der Waals surface area (Å²) in [5.41, 5.74) is 2.04. The molecule has 0 saturated heterocycles. The summed E-state index contributed by atoms with van der Waals surface area (Å²) >= 11 is 1.85. The third kappa shape index (κ3) is 4.32. The maximum Gasteiger partial charge on any atom is 0.00683 e. The Morgan fingerprint density at radius 3 is 2.57 bits per heavy atom. The molecule has 3 rings (SSSR count). The average molecular weight is 306 g/mol. The van der Waals surface area contributed by atoms with Gasteiger partial charge in [-0.3, -0.25) is 0 Å². The fraction of sp³-hybridized carbons (Fsp3) is 0.789. The standard InChI is InChI=1S/C19H31NS/c1-19(2,3)17-5-4-15(12-20-18-6-7-18)16(11-17)10-14-8-9-21-13-14/h8-9,13,15-18,20H,4-7,10-12H2,1-3H3. The second-order valence-corrected chi connectivity index (χ2v) is 9.19. The summed E-state index contributed by atoms with van der Waals surface area (Å²) in [6.45, 7) is 8.56. The van der Waals surface area contributed by atoms with Gasteiger partial charge in [0, 0.05) is 6.04 Å². The third-order valence-electron chi connectivity index (χ3n) is 5.69. The second kappa shape index (κ2) is 6.42. The van der Waals surface area contributed by atoms with Crippen molar-refractivity contribution >= 4 is 11.3 Å². The first-order valence-corrected chi connectivity index (χ1v) is 9.71. The summed E-state index contributed by atoms with van der Waals surface area (Å²) in [5, 5.41) is 8.38. The second-order valence-electron chi connectivity index (χ2n) is 8.41. The molecule has 1 N–H and O–H groups in total. The Morgan fingerprint density at radius 2 is 1.95 bits per heavy atom. The lowest BCUT2D eigenvalue weighted by Gasteiger charge is -2.42. The fourth-order valence-electron chi connectivity index (χ4n) is 3.95. The van der Waals surface area contributed by atoms with Crippen molar-refractivity contribution in [2.45, 2.75) is 65.3 Å². The van der Waals surface area contributed by atoms with Crippen LogP contribution in [0.25, 0.3) is 0 Å². The quantitative estimate of drug-likeness (QED) is 0.796. The van der Waals surface area contributed by atoms with E-state index in [4.69, 9.17) is 0 Å². The molecule has 118 valence electrons. The van der Waals surface area contributed by atoms with E-state index in [2.05, 4.69) is 42.9 Å². The van der Waals surface area contributed by atoms with Crippen molar-refractivity contribution in [2.24, 2.45) is 23.2 Å². The molecule has 3 atom stereocenters. The number of hydrogen-bond acceptors (Lipinski definition) is 2. The number of rotatable bonds is 5. The van der Waals surface area contributed by atoms with Gasteiger partial charge in [0.2, 0.25) is 0 Å². The molecule has 1 aromatic heterocycles. The van der Waals surface area contributed by atoms with Crippen LogP contribution in [0.5, 0.6) is 0 Å². The van der Waals surface area contributed by atoms with E-state index in [-0.39, 0.29) is 0 Å². The van der Waals surface area contributed by atoms with Gasteiger partial charge >= 0.3 is 0 Å². The van der Waals surface area contributed by atoms with Gasteiger partial charge in [0.05, 0.1) is 0 Å². The highest BCUT2D eigenvalue weighted by atomic mass is 32.1. The molecule has 2 aliphatic carbocycles. The average Bonchev–Trinajstić information content (AvgIpc) is 3.12. The van der Waals surface area contributed by atoms with Crippen LogP contribution >= 0.6 is 11.3 Å². The first-order valence-electron chi connectivity index (χ1n) is 8.77. The maximum atomic E-state index is 3.79. The Morgan fingerprint density at radius 1 is 1.14 bits per heavy atom. The van der Waals surface area contributed by atoms with E-state index in [0.717, 1.165) is 23.8 Å². The highest BCUT2D eigenvalue weighted by Gasteiger charge is 2.36. The topological polar surface area (TPSA) is 12.0 Å². The van der Waals surface area contributed by atoms with E-state index in [1.807, 2.05) is 11.3 Å². The molecule has 1 nitrogen and oxygen atoms in total. The molecule has 0 radical (unpaired) electrons. The normalized spacial score (nSPS) is 30.5. The first kappa shape index (κ1) is 15.6. The molecule has 0 aromatic carbocycles. The zero-order valence-electron chi connectivity index (χ0n) is 13.9. The SMILES string of the molecule is CC(C)(C)C1CCC(CNC2CC2)C(Cc2ccsc2)C1. The molecule has 2 aliphatic rings. The minimum Gasteiger partial charge on any atom is -0.314 e. The van der Waals surface area contributed by atoms with E-state index in [9.17, 15) is 0 Å². The molecular formula is C19H31NS. The molecule has 0 amide bonds. The number of hydrogen-bond donors (Lipinski definition) is 1. The molecule has 1 aromatic rings. The fourth-order valence-corrected chi connectivity index (χ4v) is 4.63. The van der Waals surface area contributed by atoms with Crippen molar-refractivity contribution in [3.8, 4) is 0 Å². The van der Waals surface area contributed by atoms with Gasteiger partial charge in [0.15, 0.2) is 0 Å². The minimum atomic E-state index is 0.474. The zero-order chi connectivity index (χ0) is 14.9. The van der Waals surface area contributed by atoms with Gasteiger partial charge in [-0.1, -0.05) is 20.8 Å². The predicted molar refractivity (Wildman–Crippen MR) is 92.8 cm³/mol. The molecule has 2 fully saturated rings. The minimum absolute atomic E-state index is 0.474. The van der Waals surface area contributed by atoms with Gasteiger partial charge in [-0.15, -0.1) is 0 Å². The van der Waals surface area contributed by atoms with Crippen LogP contribution in [-0.2, 0) is 6.42 Å². The largest absolute Gasteiger partial charge is 0.314 e. The lowest BCUT2D eigenvalue weighted by Crippen LogP contribution is -2.38. The summed E-state index contributed by atoms with van der Waals surface area (Å²) in [6, 6.07) is 3.18. The smallest absolute Gasteiger partial charge is 0.00683 e. The highest BCUT2D eigenvalue weighted by Crippen LogP contribution is 2.44. The van der Waals surface area contributed by atoms with Gasteiger partial charge in [-0.2, -0.15) is 11.3 Å².